The van der Waals surface area contributed by atoms with E-state index in [2.05, 4.69) is 48.5 Å². The Bertz CT molecular complexity index is 1300. The largest absolute Gasteiger partial charge is 0.388 e. The minimum absolute atomic E-state index is 0.567. The highest BCUT2D eigenvalue weighted by Crippen LogP contribution is 2.23. The van der Waals surface area contributed by atoms with Gasteiger partial charge in [0.1, 0.15) is 6.29 Å². The second-order valence-electron chi connectivity index (χ2n) is 9.35. The number of aromatic nitrogens is 3. The number of anilines is 3. The molecule has 8 heteroatoms. The van der Waals surface area contributed by atoms with Crippen LogP contribution in [0.4, 0.5) is 17.3 Å². The monoisotopic (exact) mass is 509 g/mol. The molecule has 2 N–H and O–H groups in total. The van der Waals surface area contributed by atoms with E-state index in [9.17, 15) is 4.79 Å². The standard InChI is InChI=1S/C17H17N5.C13H18N2O/c1-12-5-6-14(18-2)10-16(12)22-17-20-9-7-15(21-17)13-4-3-8-19-11-13;1-14-6-8-15(9-7-14)10-12-2-4-13(11-16)5-3-12/h3-11,18H,1-2H3,(H,20,21,22);2-5,11H,6-10H2,1H3. The fraction of sp³-hybridized carbons (Fsp3) is 0.267. The van der Waals surface area contributed by atoms with Crippen LogP contribution in [0.2, 0.25) is 0 Å². The Balaban J connectivity index is 0.000000186. The summed E-state index contributed by atoms with van der Waals surface area (Å²) >= 11 is 0. The molecule has 2 aromatic carbocycles. The van der Waals surface area contributed by atoms with Crippen LogP contribution in [-0.4, -0.2) is 71.3 Å². The summed E-state index contributed by atoms with van der Waals surface area (Å²) in [6.45, 7) is 7.59. The first-order valence-electron chi connectivity index (χ1n) is 12.8. The van der Waals surface area contributed by atoms with Crippen LogP contribution in [0.3, 0.4) is 0 Å². The first kappa shape index (κ1) is 26.9. The van der Waals surface area contributed by atoms with Crippen molar-refractivity contribution in [2.45, 2.75) is 13.5 Å². The van der Waals surface area contributed by atoms with Crippen molar-refractivity contribution in [2.24, 2.45) is 0 Å². The van der Waals surface area contributed by atoms with Gasteiger partial charge in [-0.3, -0.25) is 14.7 Å². The summed E-state index contributed by atoms with van der Waals surface area (Å²) in [5.41, 5.74) is 7.00. The highest BCUT2D eigenvalue weighted by atomic mass is 16.1. The molecule has 1 fully saturated rings. The van der Waals surface area contributed by atoms with Crippen molar-refractivity contribution in [3.05, 3.63) is 95.9 Å². The molecular weight excluding hydrogens is 474 g/mol. The number of aldehydes is 1. The maximum atomic E-state index is 10.5. The molecule has 38 heavy (non-hydrogen) atoms. The van der Waals surface area contributed by atoms with E-state index in [4.69, 9.17) is 0 Å². The van der Waals surface area contributed by atoms with E-state index in [1.807, 2.05) is 68.6 Å². The predicted octanol–water partition coefficient (Wildman–Crippen LogP) is 4.88. The number of hydrogen-bond acceptors (Lipinski definition) is 8. The summed E-state index contributed by atoms with van der Waals surface area (Å²) in [6.07, 6.45) is 6.17. The molecule has 8 nitrogen and oxygen atoms in total. The van der Waals surface area contributed by atoms with Gasteiger partial charge in [-0.05, 0) is 55.4 Å². The maximum absolute atomic E-state index is 10.5. The fourth-order valence-electron chi connectivity index (χ4n) is 4.09. The fourth-order valence-corrected chi connectivity index (χ4v) is 4.09. The van der Waals surface area contributed by atoms with E-state index in [0.717, 1.165) is 72.8 Å². The zero-order valence-electron chi connectivity index (χ0n) is 22.3. The van der Waals surface area contributed by atoms with Gasteiger partial charge in [0, 0.05) is 80.9 Å². The summed E-state index contributed by atoms with van der Waals surface area (Å²) in [6, 6.07) is 19.7. The van der Waals surface area contributed by atoms with Crippen molar-refractivity contribution in [1.82, 2.24) is 24.8 Å². The number of nitrogens with one attached hydrogen (secondary N) is 2. The molecule has 3 heterocycles. The number of rotatable bonds is 7. The molecule has 1 saturated heterocycles. The molecule has 2 aromatic heterocycles. The zero-order valence-corrected chi connectivity index (χ0v) is 22.3. The average molecular weight is 510 g/mol. The Morgan fingerprint density at radius 1 is 0.974 bits per heavy atom. The van der Waals surface area contributed by atoms with Crippen LogP contribution in [-0.2, 0) is 6.54 Å². The van der Waals surface area contributed by atoms with Gasteiger partial charge in [0.15, 0.2) is 0 Å². The molecule has 0 saturated carbocycles. The lowest BCUT2D eigenvalue weighted by Gasteiger charge is -2.32. The number of likely N-dealkylation sites (N-methyl/N-ethyl adjacent to an activating group) is 1. The van der Waals surface area contributed by atoms with Crippen LogP contribution in [0.5, 0.6) is 0 Å². The summed E-state index contributed by atoms with van der Waals surface area (Å²) < 4.78 is 0. The highest BCUT2D eigenvalue weighted by molar-refractivity contribution is 5.74. The van der Waals surface area contributed by atoms with E-state index in [-0.39, 0.29) is 0 Å². The van der Waals surface area contributed by atoms with Crippen LogP contribution in [0.15, 0.2) is 79.3 Å². The molecule has 4 aromatic rings. The van der Waals surface area contributed by atoms with Gasteiger partial charge in [-0.15, -0.1) is 0 Å². The van der Waals surface area contributed by atoms with Crippen molar-refractivity contribution in [1.29, 1.82) is 0 Å². The Labute approximate surface area is 224 Å². The lowest BCUT2D eigenvalue weighted by atomic mass is 10.1. The van der Waals surface area contributed by atoms with Crippen LogP contribution < -0.4 is 10.6 Å². The van der Waals surface area contributed by atoms with Gasteiger partial charge in [-0.25, -0.2) is 9.97 Å². The average Bonchev–Trinajstić information content (AvgIpc) is 2.97. The first-order valence-corrected chi connectivity index (χ1v) is 12.8. The van der Waals surface area contributed by atoms with Crippen LogP contribution in [0.25, 0.3) is 11.3 Å². The van der Waals surface area contributed by atoms with Crippen molar-refractivity contribution >= 4 is 23.6 Å². The molecule has 0 unspecified atom stereocenters. The normalized spacial score (nSPS) is 13.8. The zero-order chi connectivity index (χ0) is 26.7. The van der Waals surface area contributed by atoms with Crippen molar-refractivity contribution in [3.63, 3.8) is 0 Å². The second-order valence-corrected chi connectivity index (χ2v) is 9.35. The molecule has 0 spiro atoms. The number of pyridine rings is 1. The minimum Gasteiger partial charge on any atom is -0.388 e. The van der Waals surface area contributed by atoms with Gasteiger partial charge in [0.25, 0.3) is 0 Å². The molecule has 1 aliphatic rings. The van der Waals surface area contributed by atoms with Crippen molar-refractivity contribution in [2.75, 3.05) is 50.9 Å². The lowest BCUT2D eigenvalue weighted by Crippen LogP contribution is -2.43. The van der Waals surface area contributed by atoms with Crippen LogP contribution >= 0.6 is 0 Å². The molecule has 0 radical (unpaired) electrons. The number of piperazine rings is 1. The molecule has 196 valence electrons. The number of hydrogen-bond donors (Lipinski definition) is 2. The summed E-state index contributed by atoms with van der Waals surface area (Å²) in [5.74, 6) is 0.567. The molecule has 0 bridgehead atoms. The Morgan fingerprint density at radius 2 is 1.76 bits per heavy atom. The van der Waals surface area contributed by atoms with Gasteiger partial charge >= 0.3 is 0 Å². The summed E-state index contributed by atoms with van der Waals surface area (Å²) in [4.78, 5) is 28.3. The molecule has 1 aliphatic heterocycles. The van der Waals surface area contributed by atoms with Gasteiger partial charge < -0.3 is 15.5 Å². The van der Waals surface area contributed by atoms with E-state index < -0.39 is 0 Å². The summed E-state index contributed by atoms with van der Waals surface area (Å²) in [7, 11) is 4.06. The van der Waals surface area contributed by atoms with E-state index in [1.165, 1.54) is 5.56 Å². The van der Waals surface area contributed by atoms with Gasteiger partial charge in [0.2, 0.25) is 5.95 Å². The lowest BCUT2D eigenvalue weighted by molar-refractivity contribution is 0.112. The Hall–Kier alpha value is -4.14. The first-order chi connectivity index (χ1) is 18.5. The molecule has 0 atom stereocenters. The number of carbonyl (C=O) groups is 1. The van der Waals surface area contributed by atoms with E-state index in [0.29, 0.717) is 5.95 Å². The molecule has 0 aliphatic carbocycles. The smallest absolute Gasteiger partial charge is 0.227 e. The maximum Gasteiger partial charge on any atom is 0.227 e. The number of nitrogens with zero attached hydrogens (tertiary/aromatic N) is 5. The molecule has 5 rings (SSSR count). The number of aryl methyl sites for hydroxylation is 1. The quantitative estimate of drug-likeness (QED) is 0.341. The third kappa shape index (κ3) is 7.68. The Kier molecular flexibility index (Phi) is 9.50. The van der Waals surface area contributed by atoms with Crippen molar-refractivity contribution in [3.8, 4) is 11.3 Å². The SMILES string of the molecule is CN1CCN(Cc2ccc(C=O)cc2)CC1.CNc1ccc(C)c(Nc2nccc(-c3cccnc3)n2)c1. The van der Waals surface area contributed by atoms with Crippen LogP contribution in [0, 0.1) is 6.92 Å². The number of carbonyl (C=O) groups excluding carboxylic acids is 1. The number of benzene rings is 2. The van der Waals surface area contributed by atoms with E-state index in [1.54, 1.807) is 18.6 Å². The minimum atomic E-state index is 0.567. The Morgan fingerprint density at radius 3 is 2.45 bits per heavy atom. The topological polar surface area (TPSA) is 86.3 Å². The van der Waals surface area contributed by atoms with Crippen LogP contribution in [0.1, 0.15) is 21.5 Å². The third-order valence-electron chi connectivity index (χ3n) is 6.50. The summed E-state index contributed by atoms with van der Waals surface area (Å²) in [5, 5.41) is 6.40. The second kappa shape index (κ2) is 13.4. The van der Waals surface area contributed by atoms with Crippen molar-refractivity contribution < 1.29 is 4.79 Å². The molecular formula is C30H35N7O. The third-order valence-corrected chi connectivity index (χ3v) is 6.50. The predicted molar refractivity (Wildman–Crippen MR) is 154 cm³/mol. The van der Waals surface area contributed by atoms with Gasteiger partial charge in [0.05, 0.1) is 5.69 Å². The van der Waals surface area contributed by atoms with E-state index >= 15 is 0 Å². The highest BCUT2D eigenvalue weighted by Gasteiger charge is 2.13. The van der Waals surface area contributed by atoms with Gasteiger partial charge in [-0.2, -0.15) is 0 Å². The van der Waals surface area contributed by atoms with Gasteiger partial charge in [-0.1, -0.05) is 30.3 Å². The molecule has 0 amide bonds.